The summed E-state index contributed by atoms with van der Waals surface area (Å²) in [7, 11) is 0. The molecule has 1 amide bonds. The Morgan fingerprint density at radius 3 is 2.86 bits per heavy atom. The fourth-order valence-electron chi connectivity index (χ4n) is 2.48. The maximum atomic E-state index is 11.9. The molecule has 0 bridgehead atoms. The lowest BCUT2D eigenvalue weighted by Gasteiger charge is -2.18. The number of aromatic nitrogens is 1. The molecule has 5 nitrogen and oxygen atoms in total. The van der Waals surface area contributed by atoms with Gasteiger partial charge in [0.25, 0.3) is 5.91 Å². The Balaban J connectivity index is 1.63. The smallest absolute Gasteiger partial charge is 0.262 e. The van der Waals surface area contributed by atoms with Crippen molar-refractivity contribution >= 4 is 11.6 Å². The summed E-state index contributed by atoms with van der Waals surface area (Å²) in [5, 5.41) is 2.75. The number of hydrogen-bond acceptors (Lipinski definition) is 4. The summed E-state index contributed by atoms with van der Waals surface area (Å²) in [6, 6.07) is 9.21. The number of rotatable bonds is 4. The molecule has 0 unspecified atom stereocenters. The highest BCUT2D eigenvalue weighted by Crippen LogP contribution is 2.41. The van der Waals surface area contributed by atoms with Gasteiger partial charge >= 0.3 is 0 Å². The number of amides is 1. The third-order valence-corrected chi connectivity index (χ3v) is 3.38. The molecule has 0 fully saturated rings. The van der Waals surface area contributed by atoms with Crippen molar-refractivity contribution in [3.63, 3.8) is 0 Å². The van der Waals surface area contributed by atoms with Gasteiger partial charge in [0.2, 0.25) is 0 Å². The van der Waals surface area contributed by atoms with Crippen LogP contribution in [0.5, 0.6) is 11.5 Å². The molecule has 1 aliphatic heterocycles. The highest BCUT2D eigenvalue weighted by atomic mass is 16.5. The van der Waals surface area contributed by atoms with Crippen LogP contribution in [0.4, 0.5) is 5.69 Å². The van der Waals surface area contributed by atoms with Gasteiger partial charge in [-0.1, -0.05) is 12.1 Å². The van der Waals surface area contributed by atoms with E-state index in [0.29, 0.717) is 11.4 Å². The first kappa shape index (κ1) is 14.4. The van der Waals surface area contributed by atoms with E-state index in [1.807, 2.05) is 32.0 Å². The number of nitrogens with zero attached hydrogens (tertiary/aromatic N) is 1. The average molecular weight is 298 g/mol. The molecule has 0 aliphatic carbocycles. The lowest BCUT2D eigenvalue weighted by molar-refractivity contribution is -0.118. The van der Waals surface area contributed by atoms with Crippen LogP contribution in [-0.2, 0) is 11.2 Å². The Hall–Kier alpha value is -2.56. The Bertz CT molecular complexity index is 684. The number of fused-ring (bicyclic) bond motifs is 1. The van der Waals surface area contributed by atoms with Crippen LogP contribution in [0.3, 0.4) is 0 Å². The minimum absolute atomic E-state index is 0.0669. The highest BCUT2D eigenvalue weighted by molar-refractivity contribution is 5.91. The first-order valence-corrected chi connectivity index (χ1v) is 7.17. The molecule has 2 aromatic rings. The third kappa shape index (κ3) is 3.19. The summed E-state index contributed by atoms with van der Waals surface area (Å²) in [5.74, 6) is 1.12. The molecule has 0 saturated heterocycles. The van der Waals surface area contributed by atoms with Crippen molar-refractivity contribution in [1.82, 2.24) is 4.98 Å². The summed E-state index contributed by atoms with van der Waals surface area (Å²) in [6.45, 7) is 4.00. The monoisotopic (exact) mass is 298 g/mol. The number of benzene rings is 1. The molecular formula is C17H18N2O3. The van der Waals surface area contributed by atoms with Gasteiger partial charge in [0.15, 0.2) is 18.1 Å². The highest BCUT2D eigenvalue weighted by Gasteiger charge is 2.32. The topological polar surface area (TPSA) is 60.5 Å². The third-order valence-electron chi connectivity index (χ3n) is 3.38. The van der Waals surface area contributed by atoms with Crippen LogP contribution in [0.2, 0.25) is 0 Å². The van der Waals surface area contributed by atoms with Gasteiger partial charge in [0.05, 0.1) is 0 Å². The van der Waals surface area contributed by atoms with Gasteiger partial charge in [-0.2, -0.15) is 0 Å². The van der Waals surface area contributed by atoms with Crippen molar-refractivity contribution in [1.29, 1.82) is 0 Å². The Kier molecular flexibility index (Phi) is 3.71. The van der Waals surface area contributed by atoms with Crippen molar-refractivity contribution in [3.8, 4) is 11.5 Å². The van der Waals surface area contributed by atoms with Gasteiger partial charge in [-0.25, -0.2) is 0 Å². The maximum absolute atomic E-state index is 11.9. The van der Waals surface area contributed by atoms with Crippen molar-refractivity contribution in [2.75, 3.05) is 11.9 Å². The Morgan fingerprint density at radius 1 is 1.32 bits per heavy atom. The minimum Gasteiger partial charge on any atom is -0.483 e. The molecule has 0 saturated carbocycles. The Morgan fingerprint density at radius 2 is 2.09 bits per heavy atom. The number of hydrogen-bond donors (Lipinski definition) is 1. The van der Waals surface area contributed by atoms with Gasteiger partial charge in [0, 0.05) is 30.1 Å². The van der Waals surface area contributed by atoms with Crippen molar-refractivity contribution < 1.29 is 14.3 Å². The van der Waals surface area contributed by atoms with Crippen molar-refractivity contribution in [3.05, 3.63) is 48.3 Å². The average Bonchev–Trinajstić information content (AvgIpc) is 2.80. The zero-order chi connectivity index (χ0) is 15.6. The van der Waals surface area contributed by atoms with E-state index < -0.39 is 0 Å². The lowest BCUT2D eigenvalue weighted by Crippen LogP contribution is -2.25. The number of ether oxygens (including phenoxy) is 2. The molecule has 5 heteroatoms. The van der Waals surface area contributed by atoms with Crippen LogP contribution in [0.25, 0.3) is 0 Å². The summed E-state index contributed by atoms with van der Waals surface area (Å²) in [5.41, 5.74) is 1.57. The molecule has 0 spiro atoms. The van der Waals surface area contributed by atoms with Gasteiger partial charge in [-0.05, 0) is 32.0 Å². The molecule has 22 heavy (non-hydrogen) atoms. The van der Waals surface area contributed by atoms with E-state index >= 15 is 0 Å². The van der Waals surface area contributed by atoms with E-state index in [1.54, 1.807) is 24.5 Å². The van der Waals surface area contributed by atoms with E-state index in [1.165, 1.54) is 0 Å². The van der Waals surface area contributed by atoms with Crippen molar-refractivity contribution in [2.24, 2.45) is 0 Å². The largest absolute Gasteiger partial charge is 0.483 e. The van der Waals surface area contributed by atoms with E-state index in [0.717, 1.165) is 17.7 Å². The normalized spacial score (nSPS) is 14.8. The molecule has 0 radical (unpaired) electrons. The SMILES string of the molecule is CC1(C)Cc2cccc(OCC(=O)Nc3ccncc3)c2O1. The maximum Gasteiger partial charge on any atom is 0.262 e. The van der Waals surface area contributed by atoms with Crippen LogP contribution >= 0.6 is 0 Å². The van der Waals surface area contributed by atoms with E-state index in [2.05, 4.69) is 10.3 Å². The fraction of sp³-hybridized carbons (Fsp3) is 0.294. The van der Waals surface area contributed by atoms with Crippen LogP contribution in [0, 0.1) is 0 Å². The molecule has 114 valence electrons. The molecule has 3 rings (SSSR count). The second kappa shape index (κ2) is 5.67. The molecule has 1 N–H and O–H groups in total. The van der Waals surface area contributed by atoms with Gasteiger partial charge in [-0.3, -0.25) is 9.78 Å². The first-order valence-electron chi connectivity index (χ1n) is 7.17. The number of nitrogens with one attached hydrogen (secondary N) is 1. The molecule has 1 aromatic carbocycles. The standard InChI is InChI=1S/C17H18N2O3/c1-17(2)10-12-4-3-5-14(16(12)22-17)21-11-15(20)19-13-6-8-18-9-7-13/h3-9H,10-11H2,1-2H3,(H,18,19,20). The van der Waals surface area contributed by atoms with Gasteiger partial charge < -0.3 is 14.8 Å². The summed E-state index contributed by atoms with van der Waals surface area (Å²) < 4.78 is 11.5. The second-order valence-corrected chi connectivity index (χ2v) is 5.86. The van der Waals surface area contributed by atoms with E-state index in [9.17, 15) is 4.79 Å². The van der Waals surface area contributed by atoms with E-state index in [-0.39, 0.29) is 18.1 Å². The molecule has 1 aromatic heterocycles. The molecule has 1 aliphatic rings. The van der Waals surface area contributed by atoms with Crippen LogP contribution in [0.1, 0.15) is 19.4 Å². The van der Waals surface area contributed by atoms with Crippen LogP contribution < -0.4 is 14.8 Å². The van der Waals surface area contributed by atoms with E-state index in [4.69, 9.17) is 9.47 Å². The van der Waals surface area contributed by atoms with Crippen LogP contribution in [-0.4, -0.2) is 23.1 Å². The second-order valence-electron chi connectivity index (χ2n) is 5.86. The molecule has 0 atom stereocenters. The summed E-state index contributed by atoms with van der Waals surface area (Å²) >= 11 is 0. The number of para-hydroxylation sites is 1. The molecular weight excluding hydrogens is 280 g/mol. The van der Waals surface area contributed by atoms with Gasteiger partial charge in [0.1, 0.15) is 5.60 Å². The first-order chi connectivity index (χ1) is 10.5. The number of pyridine rings is 1. The number of carbonyl (C=O) groups is 1. The zero-order valence-electron chi connectivity index (χ0n) is 12.6. The number of carbonyl (C=O) groups excluding carboxylic acids is 1. The quantitative estimate of drug-likeness (QED) is 0.943. The summed E-state index contributed by atoms with van der Waals surface area (Å²) in [4.78, 5) is 15.8. The predicted molar refractivity (Wildman–Crippen MR) is 83.2 cm³/mol. The van der Waals surface area contributed by atoms with Gasteiger partial charge in [-0.15, -0.1) is 0 Å². The zero-order valence-corrected chi connectivity index (χ0v) is 12.6. The fourth-order valence-corrected chi connectivity index (χ4v) is 2.48. The predicted octanol–water partition coefficient (Wildman–Crippen LogP) is 2.81. The lowest BCUT2D eigenvalue weighted by atomic mass is 10.0. The Labute approximate surface area is 129 Å². The summed E-state index contributed by atoms with van der Waals surface area (Å²) in [6.07, 6.45) is 4.08. The molecule has 2 heterocycles. The van der Waals surface area contributed by atoms with Crippen molar-refractivity contribution in [2.45, 2.75) is 25.9 Å². The number of anilines is 1. The minimum atomic E-state index is -0.235. The van der Waals surface area contributed by atoms with Crippen LogP contribution in [0.15, 0.2) is 42.7 Å².